The van der Waals surface area contributed by atoms with E-state index in [4.69, 9.17) is 18.9 Å². The van der Waals surface area contributed by atoms with Gasteiger partial charge in [-0.3, -0.25) is 0 Å². The lowest BCUT2D eigenvalue weighted by atomic mass is 10.0. The molecule has 31 heavy (non-hydrogen) atoms. The van der Waals surface area contributed by atoms with E-state index in [1.54, 1.807) is 24.3 Å². The van der Waals surface area contributed by atoms with E-state index in [9.17, 15) is 9.18 Å². The number of hydrogen-bond donors (Lipinski definition) is 0. The summed E-state index contributed by atoms with van der Waals surface area (Å²) in [6, 6.07) is 11.0. The number of hydrogen-bond acceptors (Lipinski definition) is 5. The van der Waals surface area contributed by atoms with E-state index in [2.05, 4.69) is 13.8 Å². The number of unbranched alkanes of at least 4 members (excludes halogenated alkanes) is 2. The minimum absolute atomic E-state index is 0.126. The summed E-state index contributed by atoms with van der Waals surface area (Å²) in [6.45, 7) is 5.99. The molecule has 168 valence electrons. The minimum Gasteiger partial charge on any atom is -0.494 e. The Morgan fingerprint density at radius 1 is 1.00 bits per heavy atom. The molecule has 1 fully saturated rings. The highest BCUT2D eigenvalue weighted by Crippen LogP contribution is 2.29. The highest BCUT2D eigenvalue weighted by Gasteiger charge is 2.26. The van der Waals surface area contributed by atoms with Gasteiger partial charge in [0.2, 0.25) is 0 Å². The number of carbonyl (C=O) groups excluding carboxylic acids is 1. The second-order valence-electron chi connectivity index (χ2n) is 7.81. The number of esters is 1. The number of benzene rings is 2. The van der Waals surface area contributed by atoms with Crippen molar-refractivity contribution in [2.75, 3.05) is 19.8 Å². The first-order chi connectivity index (χ1) is 15.1. The summed E-state index contributed by atoms with van der Waals surface area (Å²) in [6.07, 6.45) is 4.59. The Morgan fingerprint density at radius 3 is 2.32 bits per heavy atom. The lowest BCUT2D eigenvalue weighted by Gasteiger charge is -2.29. The first-order valence-electron chi connectivity index (χ1n) is 11.1. The van der Waals surface area contributed by atoms with Crippen molar-refractivity contribution in [3.8, 4) is 11.5 Å². The Labute approximate surface area is 183 Å². The molecule has 1 aliphatic heterocycles. The van der Waals surface area contributed by atoms with E-state index in [1.165, 1.54) is 12.1 Å². The van der Waals surface area contributed by atoms with Crippen molar-refractivity contribution in [3.05, 3.63) is 59.4 Å². The highest BCUT2D eigenvalue weighted by molar-refractivity contribution is 5.91. The largest absolute Gasteiger partial charge is 0.494 e. The molecule has 1 heterocycles. The summed E-state index contributed by atoms with van der Waals surface area (Å²) in [4.78, 5) is 12.4. The summed E-state index contributed by atoms with van der Waals surface area (Å²) in [5, 5.41) is 0. The second kappa shape index (κ2) is 11.8. The van der Waals surface area contributed by atoms with E-state index in [0.29, 0.717) is 42.8 Å². The molecule has 0 radical (unpaired) electrons. The van der Waals surface area contributed by atoms with Crippen LogP contribution in [0.5, 0.6) is 11.5 Å². The van der Waals surface area contributed by atoms with Crippen LogP contribution < -0.4 is 9.47 Å². The maximum Gasteiger partial charge on any atom is 0.343 e. The average Bonchev–Trinajstić information content (AvgIpc) is 2.79. The van der Waals surface area contributed by atoms with Gasteiger partial charge in [-0.05, 0) is 49.2 Å². The van der Waals surface area contributed by atoms with Crippen molar-refractivity contribution in [1.29, 1.82) is 0 Å². The van der Waals surface area contributed by atoms with Crippen LogP contribution >= 0.6 is 0 Å². The van der Waals surface area contributed by atoms with Crippen LogP contribution in [-0.2, 0) is 9.47 Å². The maximum atomic E-state index is 14.6. The van der Waals surface area contributed by atoms with E-state index < -0.39 is 18.1 Å². The molecule has 0 unspecified atom stereocenters. The van der Waals surface area contributed by atoms with E-state index >= 15 is 0 Å². The molecule has 3 rings (SSSR count). The summed E-state index contributed by atoms with van der Waals surface area (Å²) >= 11 is 0. The molecule has 0 amide bonds. The summed E-state index contributed by atoms with van der Waals surface area (Å²) in [5.74, 6) is 0.251. The monoisotopic (exact) mass is 430 g/mol. The van der Waals surface area contributed by atoms with E-state index in [-0.39, 0.29) is 5.56 Å². The molecular formula is C25H31FO5. The number of halogens is 1. The van der Waals surface area contributed by atoms with Crippen molar-refractivity contribution < 1.29 is 28.1 Å². The van der Waals surface area contributed by atoms with Crippen LogP contribution in [0.3, 0.4) is 0 Å². The number of ether oxygens (including phenoxy) is 4. The predicted octanol–water partition coefficient (Wildman–Crippen LogP) is 6.08. The molecule has 0 aliphatic carbocycles. The van der Waals surface area contributed by atoms with Crippen molar-refractivity contribution >= 4 is 5.97 Å². The summed E-state index contributed by atoms with van der Waals surface area (Å²) < 4.78 is 37.0. The van der Waals surface area contributed by atoms with Crippen LogP contribution in [0.15, 0.2) is 42.5 Å². The molecule has 1 aliphatic rings. The Bertz CT molecular complexity index is 828. The number of rotatable bonds is 10. The lowest BCUT2D eigenvalue weighted by Crippen LogP contribution is -2.27. The summed E-state index contributed by atoms with van der Waals surface area (Å²) in [5.41, 5.74) is 0.417. The fourth-order valence-electron chi connectivity index (χ4n) is 3.33. The zero-order chi connectivity index (χ0) is 22.1. The minimum atomic E-state index is -0.747. The van der Waals surface area contributed by atoms with Gasteiger partial charge in [-0.15, -0.1) is 0 Å². The number of carbonyl (C=O) groups is 1. The molecule has 0 spiro atoms. The SMILES string of the molecule is CCCCOc1ccc(OC(=O)c2ccc(C3OCC(CCCC)CO3)c(F)c2)cc1. The standard InChI is InChI=1S/C25H31FO5/c1-3-5-7-18-16-29-25(30-17-18)22-13-8-19(15-23(22)26)24(27)31-21-11-9-20(10-12-21)28-14-6-4-2/h8-13,15,18,25H,3-7,14,16-17H2,1-2H3. The Morgan fingerprint density at radius 2 is 1.68 bits per heavy atom. The Kier molecular flexibility index (Phi) is 8.85. The van der Waals surface area contributed by atoms with Gasteiger partial charge < -0.3 is 18.9 Å². The molecule has 2 aromatic rings. The van der Waals surface area contributed by atoms with Gasteiger partial charge in [0, 0.05) is 11.5 Å². The molecule has 0 atom stereocenters. The van der Waals surface area contributed by atoms with Crippen LogP contribution in [0.4, 0.5) is 4.39 Å². The van der Waals surface area contributed by atoms with E-state index in [0.717, 1.165) is 38.2 Å². The second-order valence-corrected chi connectivity index (χ2v) is 7.81. The van der Waals surface area contributed by atoms with E-state index in [1.807, 2.05) is 0 Å². The molecule has 1 saturated heterocycles. The molecule has 0 saturated carbocycles. The van der Waals surface area contributed by atoms with Crippen molar-refractivity contribution in [2.24, 2.45) is 5.92 Å². The van der Waals surface area contributed by atoms with Gasteiger partial charge in [-0.25, -0.2) is 9.18 Å². The van der Waals surface area contributed by atoms with Gasteiger partial charge in [0.15, 0.2) is 6.29 Å². The molecular weight excluding hydrogens is 399 g/mol. The van der Waals surface area contributed by atoms with Crippen molar-refractivity contribution in [1.82, 2.24) is 0 Å². The zero-order valence-electron chi connectivity index (χ0n) is 18.3. The lowest BCUT2D eigenvalue weighted by molar-refractivity contribution is -0.207. The topological polar surface area (TPSA) is 54.0 Å². The van der Waals surface area contributed by atoms with Gasteiger partial charge in [0.25, 0.3) is 0 Å². The van der Waals surface area contributed by atoms with Gasteiger partial charge in [0.05, 0.1) is 25.4 Å². The average molecular weight is 431 g/mol. The van der Waals surface area contributed by atoms with Crippen molar-refractivity contribution in [3.63, 3.8) is 0 Å². The van der Waals surface area contributed by atoms with Crippen LogP contribution in [0.1, 0.15) is 68.2 Å². The quantitative estimate of drug-likeness (QED) is 0.260. The third kappa shape index (κ3) is 6.77. The van der Waals surface area contributed by atoms with Crippen LogP contribution in [0.25, 0.3) is 0 Å². The van der Waals surface area contributed by atoms with Crippen LogP contribution in [-0.4, -0.2) is 25.8 Å². The smallest absolute Gasteiger partial charge is 0.343 e. The van der Waals surface area contributed by atoms with Gasteiger partial charge in [-0.2, -0.15) is 0 Å². The maximum absolute atomic E-state index is 14.6. The fourth-order valence-corrected chi connectivity index (χ4v) is 3.33. The normalized spacial score (nSPS) is 18.5. The highest BCUT2D eigenvalue weighted by atomic mass is 19.1. The van der Waals surface area contributed by atoms with Crippen LogP contribution in [0, 0.1) is 11.7 Å². The summed E-state index contributed by atoms with van der Waals surface area (Å²) in [7, 11) is 0. The van der Waals surface area contributed by atoms with Crippen molar-refractivity contribution in [2.45, 2.75) is 52.2 Å². The molecule has 2 aromatic carbocycles. The molecule has 0 N–H and O–H groups in total. The molecule has 0 bridgehead atoms. The van der Waals surface area contributed by atoms with Gasteiger partial charge >= 0.3 is 5.97 Å². The Balaban J connectivity index is 1.55. The Hall–Kier alpha value is -2.44. The fraction of sp³-hybridized carbons (Fsp3) is 0.480. The predicted molar refractivity (Wildman–Crippen MR) is 116 cm³/mol. The third-order valence-corrected chi connectivity index (χ3v) is 5.22. The molecule has 5 nitrogen and oxygen atoms in total. The van der Waals surface area contributed by atoms with Gasteiger partial charge in [-0.1, -0.05) is 39.2 Å². The molecule has 6 heteroatoms. The third-order valence-electron chi connectivity index (χ3n) is 5.22. The first kappa shape index (κ1) is 23.2. The van der Waals surface area contributed by atoms with Crippen LogP contribution in [0.2, 0.25) is 0 Å². The van der Waals surface area contributed by atoms with Gasteiger partial charge in [0.1, 0.15) is 17.3 Å². The first-order valence-corrected chi connectivity index (χ1v) is 11.1. The zero-order valence-corrected chi connectivity index (χ0v) is 18.3. The molecule has 0 aromatic heterocycles.